The maximum atomic E-state index is 12.0. The van der Waals surface area contributed by atoms with E-state index in [4.69, 9.17) is 5.11 Å². The number of nitrogens with zero attached hydrogens (tertiary/aromatic N) is 1. The zero-order valence-corrected chi connectivity index (χ0v) is 12.8. The van der Waals surface area contributed by atoms with Crippen molar-refractivity contribution in [2.45, 2.75) is 46.7 Å². The second-order valence-electron chi connectivity index (χ2n) is 5.50. The Morgan fingerprint density at radius 1 is 1.05 bits per heavy atom. The highest BCUT2D eigenvalue weighted by atomic mass is 16.4. The van der Waals surface area contributed by atoms with Crippen molar-refractivity contribution in [3.63, 3.8) is 0 Å². The molecule has 1 atom stereocenters. The zero-order chi connectivity index (χ0) is 15.9. The van der Waals surface area contributed by atoms with E-state index >= 15 is 0 Å². The summed E-state index contributed by atoms with van der Waals surface area (Å²) in [5, 5.41) is 14.0. The van der Waals surface area contributed by atoms with Gasteiger partial charge in [-0.3, -0.25) is 9.59 Å². The van der Waals surface area contributed by atoms with Crippen LogP contribution < -0.4 is 10.6 Å². The van der Waals surface area contributed by atoms with E-state index in [1.54, 1.807) is 6.92 Å². The fraction of sp³-hybridized carbons (Fsp3) is 0.769. The minimum atomic E-state index is -1.08. The average Bonchev–Trinajstić information content (AvgIpc) is 2.25. The largest absolute Gasteiger partial charge is 0.480 e. The van der Waals surface area contributed by atoms with Gasteiger partial charge in [0.25, 0.3) is 0 Å². The van der Waals surface area contributed by atoms with E-state index in [1.165, 1.54) is 4.90 Å². The normalized spacial score (nSPS) is 12.2. The standard InChI is InChI=1S/C13H25N3O4/c1-8(2)6-16(7-11(17)18)13(20)15-10(5)12(19)14-9(3)4/h8-10H,6-7H2,1-5H3,(H,14,19)(H,15,20)(H,17,18). The van der Waals surface area contributed by atoms with Gasteiger partial charge in [0.15, 0.2) is 0 Å². The molecule has 0 rings (SSSR count). The van der Waals surface area contributed by atoms with Crippen LogP contribution in [0.3, 0.4) is 0 Å². The highest BCUT2D eigenvalue weighted by Crippen LogP contribution is 2.00. The van der Waals surface area contributed by atoms with Crippen LogP contribution >= 0.6 is 0 Å². The van der Waals surface area contributed by atoms with Crippen molar-refractivity contribution < 1.29 is 19.5 Å². The quantitative estimate of drug-likeness (QED) is 0.640. The van der Waals surface area contributed by atoms with Crippen LogP contribution in [0.25, 0.3) is 0 Å². The number of amides is 3. The molecule has 116 valence electrons. The Bertz CT molecular complexity index is 356. The molecule has 20 heavy (non-hydrogen) atoms. The highest BCUT2D eigenvalue weighted by Gasteiger charge is 2.22. The van der Waals surface area contributed by atoms with Gasteiger partial charge in [0.2, 0.25) is 5.91 Å². The third-order valence-electron chi connectivity index (χ3n) is 2.36. The van der Waals surface area contributed by atoms with Gasteiger partial charge in [-0.1, -0.05) is 13.8 Å². The molecule has 0 aliphatic carbocycles. The summed E-state index contributed by atoms with van der Waals surface area (Å²) >= 11 is 0. The molecule has 1 unspecified atom stereocenters. The Kier molecular flexibility index (Phi) is 7.64. The third-order valence-corrected chi connectivity index (χ3v) is 2.36. The summed E-state index contributed by atoms with van der Waals surface area (Å²) in [6.45, 7) is 8.90. The van der Waals surface area contributed by atoms with Gasteiger partial charge >= 0.3 is 12.0 Å². The first-order valence-electron chi connectivity index (χ1n) is 6.71. The zero-order valence-electron chi connectivity index (χ0n) is 12.8. The van der Waals surface area contributed by atoms with E-state index in [-0.39, 0.29) is 24.4 Å². The molecular formula is C13H25N3O4. The topological polar surface area (TPSA) is 98.7 Å². The Labute approximate surface area is 119 Å². The monoisotopic (exact) mass is 287 g/mol. The van der Waals surface area contributed by atoms with Crippen LogP contribution in [-0.4, -0.2) is 53.1 Å². The molecule has 0 fully saturated rings. The van der Waals surface area contributed by atoms with Gasteiger partial charge in [-0.15, -0.1) is 0 Å². The predicted octanol–water partition coefficient (Wildman–Crippen LogP) is 0.652. The Balaban J connectivity index is 4.58. The van der Waals surface area contributed by atoms with E-state index in [1.807, 2.05) is 27.7 Å². The first kappa shape index (κ1) is 18.2. The van der Waals surface area contributed by atoms with Crippen LogP contribution in [-0.2, 0) is 9.59 Å². The number of nitrogens with one attached hydrogen (secondary N) is 2. The van der Waals surface area contributed by atoms with Gasteiger partial charge in [-0.25, -0.2) is 4.79 Å². The van der Waals surface area contributed by atoms with E-state index in [9.17, 15) is 14.4 Å². The van der Waals surface area contributed by atoms with Crippen LogP contribution in [0.1, 0.15) is 34.6 Å². The number of aliphatic carboxylic acids is 1. The van der Waals surface area contributed by atoms with Crippen molar-refractivity contribution in [2.24, 2.45) is 5.92 Å². The van der Waals surface area contributed by atoms with E-state index in [2.05, 4.69) is 10.6 Å². The number of carboxylic acid groups (broad SMARTS) is 1. The summed E-state index contributed by atoms with van der Waals surface area (Å²) in [4.78, 5) is 35.6. The molecular weight excluding hydrogens is 262 g/mol. The number of rotatable bonds is 7. The molecule has 0 bridgehead atoms. The minimum absolute atomic E-state index is 0.0207. The molecule has 3 N–H and O–H groups in total. The molecule has 0 aromatic heterocycles. The van der Waals surface area contributed by atoms with Gasteiger partial charge in [0.1, 0.15) is 12.6 Å². The molecule has 7 heteroatoms. The maximum absolute atomic E-state index is 12.0. The number of carboxylic acids is 1. The molecule has 7 nitrogen and oxygen atoms in total. The molecule has 0 spiro atoms. The summed E-state index contributed by atoms with van der Waals surface area (Å²) in [6.07, 6.45) is 0. The molecule has 0 heterocycles. The molecule has 0 aromatic carbocycles. The Morgan fingerprint density at radius 2 is 1.60 bits per heavy atom. The maximum Gasteiger partial charge on any atom is 0.323 e. The average molecular weight is 287 g/mol. The fourth-order valence-corrected chi connectivity index (χ4v) is 1.57. The van der Waals surface area contributed by atoms with E-state index in [0.29, 0.717) is 6.54 Å². The highest BCUT2D eigenvalue weighted by molar-refractivity contribution is 5.87. The summed E-state index contributed by atoms with van der Waals surface area (Å²) in [7, 11) is 0. The van der Waals surface area contributed by atoms with Crippen molar-refractivity contribution in [3.05, 3.63) is 0 Å². The van der Waals surface area contributed by atoms with Gasteiger partial charge in [0, 0.05) is 12.6 Å². The van der Waals surface area contributed by atoms with Crippen molar-refractivity contribution in [1.82, 2.24) is 15.5 Å². The summed E-state index contributed by atoms with van der Waals surface area (Å²) in [5.74, 6) is -1.24. The first-order valence-corrected chi connectivity index (χ1v) is 6.71. The SMILES string of the molecule is CC(C)CN(CC(=O)O)C(=O)NC(C)C(=O)NC(C)C. The molecule has 0 aromatic rings. The number of carbonyl (C=O) groups excluding carboxylic acids is 2. The summed E-state index contributed by atoms with van der Waals surface area (Å²) < 4.78 is 0. The molecule has 0 aliphatic rings. The second kappa shape index (κ2) is 8.39. The van der Waals surface area contributed by atoms with Crippen molar-refractivity contribution in [3.8, 4) is 0 Å². The van der Waals surface area contributed by atoms with Crippen LogP contribution in [0.2, 0.25) is 0 Å². The van der Waals surface area contributed by atoms with Crippen LogP contribution in [0.5, 0.6) is 0 Å². The van der Waals surface area contributed by atoms with E-state index < -0.39 is 18.0 Å². The van der Waals surface area contributed by atoms with Crippen molar-refractivity contribution >= 4 is 17.9 Å². The molecule has 0 saturated heterocycles. The number of carbonyl (C=O) groups is 3. The fourth-order valence-electron chi connectivity index (χ4n) is 1.57. The number of urea groups is 1. The lowest BCUT2D eigenvalue weighted by molar-refractivity contribution is -0.137. The molecule has 0 saturated carbocycles. The lowest BCUT2D eigenvalue weighted by atomic mass is 10.2. The Hall–Kier alpha value is -1.79. The van der Waals surface area contributed by atoms with Crippen molar-refractivity contribution in [1.29, 1.82) is 0 Å². The smallest absolute Gasteiger partial charge is 0.323 e. The number of hydrogen-bond acceptors (Lipinski definition) is 3. The molecule has 3 amide bonds. The molecule has 0 radical (unpaired) electrons. The lowest BCUT2D eigenvalue weighted by Gasteiger charge is -2.25. The van der Waals surface area contributed by atoms with Gasteiger partial charge in [-0.05, 0) is 26.7 Å². The van der Waals surface area contributed by atoms with Crippen LogP contribution in [0, 0.1) is 5.92 Å². The van der Waals surface area contributed by atoms with Crippen molar-refractivity contribution in [2.75, 3.05) is 13.1 Å². The minimum Gasteiger partial charge on any atom is -0.480 e. The summed E-state index contributed by atoms with van der Waals surface area (Å²) in [5.41, 5.74) is 0. The third kappa shape index (κ3) is 7.60. The van der Waals surface area contributed by atoms with Gasteiger partial charge in [0.05, 0.1) is 0 Å². The van der Waals surface area contributed by atoms with Crippen LogP contribution in [0.15, 0.2) is 0 Å². The number of hydrogen-bond donors (Lipinski definition) is 3. The predicted molar refractivity (Wildman–Crippen MR) is 75.3 cm³/mol. The van der Waals surface area contributed by atoms with E-state index in [0.717, 1.165) is 0 Å². The van der Waals surface area contributed by atoms with Gasteiger partial charge in [-0.2, -0.15) is 0 Å². The first-order chi connectivity index (χ1) is 9.13. The van der Waals surface area contributed by atoms with Gasteiger partial charge < -0.3 is 20.6 Å². The Morgan fingerprint density at radius 3 is 2.00 bits per heavy atom. The summed E-state index contributed by atoms with van der Waals surface area (Å²) in [6, 6.07) is -1.28. The second-order valence-corrected chi connectivity index (χ2v) is 5.50. The molecule has 0 aliphatic heterocycles. The van der Waals surface area contributed by atoms with Crippen LogP contribution in [0.4, 0.5) is 4.79 Å². The lowest BCUT2D eigenvalue weighted by Crippen LogP contribution is -2.52.